The largest absolute Gasteiger partial charge is 1.00 e. The third kappa shape index (κ3) is 5.95. The van der Waals surface area contributed by atoms with Crippen molar-refractivity contribution in [2.45, 2.75) is 13.5 Å². The molecule has 0 fully saturated rings. The van der Waals surface area contributed by atoms with E-state index in [0.29, 0.717) is 6.61 Å². The maximum absolute atomic E-state index is 5.42. The van der Waals surface area contributed by atoms with Crippen molar-refractivity contribution in [3.05, 3.63) is 29.8 Å². The Morgan fingerprint density at radius 1 is 1.31 bits per heavy atom. The fraction of sp³-hybridized carbons (Fsp3) is 0.500. The predicted octanol–water partition coefficient (Wildman–Crippen LogP) is -1.17. The van der Waals surface area contributed by atoms with Crippen molar-refractivity contribution in [2.24, 2.45) is 0 Å². The second-order valence-corrected chi connectivity index (χ2v) is 3.25. The first-order valence-corrected chi connectivity index (χ1v) is 5.28. The molecule has 4 heteroatoms. The van der Waals surface area contributed by atoms with Crippen LogP contribution in [-0.4, -0.2) is 26.9 Å². The van der Waals surface area contributed by atoms with Crippen LogP contribution in [0, 0.1) is 0 Å². The molecule has 0 bridgehead atoms. The zero-order valence-electron chi connectivity index (χ0n) is 9.83. The first-order valence-electron chi connectivity index (χ1n) is 5.28. The summed E-state index contributed by atoms with van der Waals surface area (Å²) in [6.07, 6.45) is 0. The Kier molecular flexibility index (Phi) is 9.00. The molecule has 0 aromatic heterocycles. The monoisotopic (exact) mass is 244 g/mol. The Bertz CT molecular complexity index is 281. The molecule has 16 heavy (non-hydrogen) atoms. The third-order valence-corrected chi connectivity index (χ3v) is 2.02. The first kappa shape index (κ1) is 15.2. The highest BCUT2D eigenvalue weighted by Crippen LogP contribution is 2.12. The van der Waals surface area contributed by atoms with Gasteiger partial charge in [-0.05, 0) is 24.6 Å². The van der Waals surface area contributed by atoms with Gasteiger partial charge in [0.2, 0.25) is 0 Å². The lowest BCUT2D eigenvalue weighted by molar-refractivity contribution is -0.00000412. The fourth-order valence-corrected chi connectivity index (χ4v) is 1.32. The van der Waals surface area contributed by atoms with Gasteiger partial charge in [-0.15, -0.1) is 0 Å². The second-order valence-electron chi connectivity index (χ2n) is 3.25. The number of hydrogen-bond acceptors (Lipinski definition) is 3. The van der Waals surface area contributed by atoms with E-state index < -0.39 is 0 Å². The molecule has 0 saturated heterocycles. The van der Waals surface area contributed by atoms with Crippen molar-refractivity contribution >= 4 is 0 Å². The van der Waals surface area contributed by atoms with E-state index in [1.54, 1.807) is 7.11 Å². The number of nitrogens with one attached hydrogen (secondary N) is 1. The summed E-state index contributed by atoms with van der Waals surface area (Å²) in [5.74, 6) is 0.934. The van der Waals surface area contributed by atoms with Crippen LogP contribution in [0.2, 0.25) is 0 Å². The molecule has 0 unspecified atom stereocenters. The van der Waals surface area contributed by atoms with Crippen molar-refractivity contribution in [1.29, 1.82) is 0 Å². The number of ether oxygens (including phenoxy) is 2. The number of hydrogen-bond donors (Lipinski definition) is 1. The molecule has 1 rings (SSSR count). The van der Waals surface area contributed by atoms with E-state index in [9.17, 15) is 0 Å². The molecular formula is C12H19ClNO2-. The van der Waals surface area contributed by atoms with Gasteiger partial charge in [-0.1, -0.05) is 12.1 Å². The Morgan fingerprint density at radius 3 is 2.81 bits per heavy atom. The molecule has 0 aliphatic heterocycles. The first-order chi connectivity index (χ1) is 7.36. The van der Waals surface area contributed by atoms with Crippen LogP contribution in [0.1, 0.15) is 12.5 Å². The van der Waals surface area contributed by atoms with Gasteiger partial charge in [0.25, 0.3) is 0 Å². The van der Waals surface area contributed by atoms with E-state index in [4.69, 9.17) is 9.47 Å². The second kappa shape index (κ2) is 9.46. The van der Waals surface area contributed by atoms with E-state index in [1.807, 2.05) is 19.1 Å². The number of halogens is 1. The van der Waals surface area contributed by atoms with Crippen molar-refractivity contribution in [3.63, 3.8) is 0 Å². The summed E-state index contributed by atoms with van der Waals surface area (Å²) in [7, 11) is 1.71. The van der Waals surface area contributed by atoms with Gasteiger partial charge < -0.3 is 27.2 Å². The summed E-state index contributed by atoms with van der Waals surface area (Å²) in [5, 5.41) is 3.29. The molecule has 0 amide bonds. The molecule has 0 radical (unpaired) electrons. The molecule has 0 aliphatic carbocycles. The zero-order chi connectivity index (χ0) is 10.9. The standard InChI is InChI=1S/C12H19NO2.ClH/c1-3-15-12-6-4-5-11(9-12)10-13-7-8-14-2;/h4-6,9,13H,3,7-8,10H2,1-2H3;1H/p-1. The molecular weight excluding hydrogens is 226 g/mol. The Morgan fingerprint density at radius 2 is 2.12 bits per heavy atom. The third-order valence-electron chi connectivity index (χ3n) is 2.02. The number of benzene rings is 1. The Hall–Kier alpha value is -0.770. The summed E-state index contributed by atoms with van der Waals surface area (Å²) in [5.41, 5.74) is 1.23. The lowest BCUT2D eigenvalue weighted by Gasteiger charge is -2.07. The highest BCUT2D eigenvalue weighted by molar-refractivity contribution is 5.28. The predicted molar refractivity (Wildman–Crippen MR) is 61.2 cm³/mol. The molecule has 0 atom stereocenters. The van der Waals surface area contributed by atoms with Gasteiger partial charge in [0.05, 0.1) is 13.2 Å². The minimum absolute atomic E-state index is 0. The SMILES string of the molecule is CCOc1cccc(CNCCOC)c1.[Cl-]. The minimum atomic E-state index is 0. The van der Waals surface area contributed by atoms with Gasteiger partial charge >= 0.3 is 0 Å². The van der Waals surface area contributed by atoms with Crippen molar-refractivity contribution in [1.82, 2.24) is 5.32 Å². The molecule has 0 aliphatic rings. The minimum Gasteiger partial charge on any atom is -1.00 e. The topological polar surface area (TPSA) is 30.5 Å². The van der Waals surface area contributed by atoms with E-state index >= 15 is 0 Å². The van der Waals surface area contributed by atoms with Crippen molar-refractivity contribution in [2.75, 3.05) is 26.9 Å². The molecule has 0 heterocycles. The highest BCUT2D eigenvalue weighted by Gasteiger charge is 1.95. The Balaban J connectivity index is 0.00000225. The smallest absolute Gasteiger partial charge is 0.119 e. The normalized spacial score (nSPS) is 9.62. The summed E-state index contributed by atoms with van der Waals surface area (Å²) < 4.78 is 10.4. The average molecular weight is 245 g/mol. The van der Waals surface area contributed by atoms with E-state index in [2.05, 4.69) is 17.4 Å². The Labute approximate surface area is 104 Å². The van der Waals surface area contributed by atoms with Gasteiger partial charge in [-0.3, -0.25) is 0 Å². The fourth-order valence-electron chi connectivity index (χ4n) is 1.32. The van der Waals surface area contributed by atoms with Crippen LogP contribution in [0.5, 0.6) is 5.75 Å². The molecule has 0 saturated carbocycles. The summed E-state index contributed by atoms with van der Waals surface area (Å²) in [6.45, 7) is 5.16. The number of methoxy groups -OCH3 is 1. The quantitative estimate of drug-likeness (QED) is 0.613. The average Bonchev–Trinajstić information content (AvgIpc) is 2.26. The lowest BCUT2D eigenvalue weighted by atomic mass is 10.2. The highest BCUT2D eigenvalue weighted by atomic mass is 35.5. The van der Waals surface area contributed by atoms with Crippen LogP contribution in [0.4, 0.5) is 0 Å². The van der Waals surface area contributed by atoms with Crippen LogP contribution in [-0.2, 0) is 11.3 Å². The van der Waals surface area contributed by atoms with E-state index in [-0.39, 0.29) is 12.4 Å². The zero-order valence-corrected chi connectivity index (χ0v) is 10.6. The maximum Gasteiger partial charge on any atom is 0.119 e. The molecule has 92 valence electrons. The lowest BCUT2D eigenvalue weighted by Crippen LogP contribution is -3.00. The number of rotatable bonds is 7. The molecule has 0 spiro atoms. The molecule has 1 aromatic carbocycles. The molecule has 1 aromatic rings. The maximum atomic E-state index is 5.42. The van der Waals surface area contributed by atoms with Gasteiger partial charge in [-0.25, -0.2) is 0 Å². The van der Waals surface area contributed by atoms with Crippen LogP contribution in [0.25, 0.3) is 0 Å². The van der Waals surface area contributed by atoms with Crippen LogP contribution in [0.15, 0.2) is 24.3 Å². The van der Waals surface area contributed by atoms with E-state index in [0.717, 1.165) is 25.4 Å². The molecule has 1 N–H and O–H groups in total. The van der Waals surface area contributed by atoms with Gasteiger partial charge in [-0.2, -0.15) is 0 Å². The van der Waals surface area contributed by atoms with Crippen molar-refractivity contribution in [3.8, 4) is 5.75 Å². The van der Waals surface area contributed by atoms with Gasteiger partial charge in [0, 0.05) is 20.2 Å². The summed E-state index contributed by atoms with van der Waals surface area (Å²) in [4.78, 5) is 0. The van der Waals surface area contributed by atoms with Gasteiger partial charge in [0.1, 0.15) is 5.75 Å². The molecule has 3 nitrogen and oxygen atoms in total. The van der Waals surface area contributed by atoms with Gasteiger partial charge in [0.15, 0.2) is 0 Å². The van der Waals surface area contributed by atoms with E-state index in [1.165, 1.54) is 5.56 Å². The van der Waals surface area contributed by atoms with Crippen LogP contribution < -0.4 is 22.5 Å². The summed E-state index contributed by atoms with van der Waals surface area (Å²) in [6, 6.07) is 8.13. The van der Waals surface area contributed by atoms with Crippen molar-refractivity contribution < 1.29 is 21.9 Å². The summed E-state index contributed by atoms with van der Waals surface area (Å²) >= 11 is 0. The van der Waals surface area contributed by atoms with Crippen LogP contribution >= 0.6 is 0 Å². The van der Waals surface area contributed by atoms with Crippen LogP contribution in [0.3, 0.4) is 0 Å².